The number of rotatable bonds is 3. The summed E-state index contributed by atoms with van der Waals surface area (Å²) in [6, 6.07) is 12.7. The third-order valence-corrected chi connectivity index (χ3v) is 5.62. The molecule has 1 aliphatic heterocycles. The van der Waals surface area contributed by atoms with E-state index in [4.69, 9.17) is 0 Å². The van der Waals surface area contributed by atoms with Crippen LogP contribution in [0.3, 0.4) is 0 Å². The summed E-state index contributed by atoms with van der Waals surface area (Å²) in [6.07, 6.45) is -0.0751. The number of hydrogen-bond acceptors (Lipinski definition) is 3. The van der Waals surface area contributed by atoms with E-state index >= 15 is 0 Å². The lowest BCUT2D eigenvalue weighted by molar-refractivity contribution is -0.136. The molecule has 0 spiro atoms. The van der Waals surface area contributed by atoms with Crippen LogP contribution in [0.5, 0.6) is 0 Å². The Balaban J connectivity index is 1.96. The van der Waals surface area contributed by atoms with Crippen LogP contribution in [-0.2, 0) is 17.8 Å². The van der Waals surface area contributed by atoms with Crippen molar-refractivity contribution in [1.82, 2.24) is 0 Å². The van der Waals surface area contributed by atoms with Crippen LogP contribution in [0.25, 0.3) is 11.1 Å². The van der Waals surface area contributed by atoms with Gasteiger partial charge in [-0.05, 0) is 72.4 Å². The predicted molar refractivity (Wildman–Crippen MR) is 114 cm³/mol. The lowest BCUT2D eigenvalue weighted by Gasteiger charge is -2.23. The van der Waals surface area contributed by atoms with Gasteiger partial charge >= 0.3 is 5.97 Å². The number of nitrogens with one attached hydrogen (secondary N) is 2. The highest BCUT2D eigenvalue weighted by Gasteiger charge is 2.24. The highest BCUT2D eigenvalue weighted by molar-refractivity contribution is 5.88. The Kier molecular flexibility index (Phi) is 4.74. The SMILES string of the molecule is Cc1ccc(-c2c(C)c3c(c(C)c2CC(=O)O)Nc2cc(F)ccc2NC3)cc1. The summed E-state index contributed by atoms with van der Waals surface area (Å²) in [5.74, 6) is -1.20. The maximum Gasteiger partial charge on any atom is 0.307 e. The molecule has 1 aliphatic rings. The van der Waals surface area contributed by atoms with Gasteiger partial charge in [-0.2, -0.15) is 0 Å². The van der Waals surface area contributed by atoms with E-state index in [2.05, 4.69) is 10.6 Å². The Labute approximate surface area is 169 Å². The summed E-state index contributed by atoms with van der Waals surface area (Å²) in [5.41, 5.74) is 9.18. The molecule has 0 saturated heterocycles. The van der Waals surface area contributed by atoms with Gasteiger partial charge in [-0.15, -0.1) is 0 Å². The van der Waals surface area contributed by atoms with Crippen molar-refractivity contribution >= 4 is 23.0 Å². The second-order valence-corrected chi connectivity index (χ2v) is 7.56. The topological polar surface area (TPSA) is 61.4 Å². The van der Waals surface area contributed by atoms with Crippen molar-refractivity contribution in [1.29, 1.82) is 0 Å². The molecule has 4 rings (SSSR count). The Bertz CT molecular complexity index is 1120. The number of halogens is 1. The Hall–Kier alpha value is -3.34. The minimum absolute atomic E-state index is 0.0751. The van der Waals surface area contributed by atoms with Crippen molar-refractivity contribution in [3.05, 3.63) is 76.1 Å². The van der Waals surface area contributed by atoms with E-state index in [1.807, 2.05) is 45.0 Å². The van der Waals surface area contributed by atoms with E-state index in [1.165, 1.54) is 12.1 Å². The van der Waals surface area contributed by atoms with Gasteiger partial charge in [0.15, 0.2) is 0 Å². The van der Waals surface area contributed by atoms with Crippen molar-refractivity contribution in [2.24, 2.45) is 0 Å². The van der Waals surface area contributed by atoms with Gasteiger partial charge in [-0.3, -0.25) is 4.79 Å². The number of fused-ring (bicyclic) bond motifs is 2. The lowest BCUT2D eigenvalue weighted by atomic mass is 9.85. The van der Waals surface area contributed by atoms with Gasteiger partial charge in [0.1, 0.15) is 5.82 Å². The largest absolute Gasteiger partial charge is 0.481 e. The molecule has 0 unspecified atom stereocenters. The summed E-state index contributed by atoms with van der Waals surface area (Å²) in [4.78, 5) is 11.7. The number of aliphatic carboxylic acids is 1. The maximum absolute atomic E-state index is 13.8. The molecule has 0 amide bonds. The molecule has 0 atom stereocenters. The van der Waals surface area contributed by atoms with E-state index in [9.17, 15) is 14.3 Å². The standard InChI is InChI=1S/C24H23FN2O2/c1-13-4-6-16(7-5-13)23-14(2)19-12-26-20-9-8-17(25)10-21(20)27-24(19)15(3)18(23)11-22(28)29/h4-10,26-27H,11-12H2,1-3H3,(H,28,29). The van der Waals surface area contributed by atoms with Gasteiger partial charge in [-0.25, -0.2) is 4.39 Å². The van der Waals surface area contributed by atoms with Crippen LogP contribution in [0, 0.1) is 26.6 Å². The zero-order valence-electron chi connectivity index (χ0n) is 16.7. The van der Waals surface area contributed by atoms with E-state index in [0.717, 1.165) is 50.3 Å². The third-order valence-electron chi connectivity index (χ3n) is 5.62. The Morgan fingerprint density at radius 2 is 1.76 bits per heavy atom. The quantitative estimate of drug-likeness (QED) is 0.536. The van der Waals surface area contributed by atoms with Gasteiger partial charge in [0.2, 0.25) is 0 Å². The summed E-state index contributed by atoms with van der Waals surface area (Å²) < 4.78 is 13.8. The van der Waals surface area contributed by atoms with Crippen molar-refractivity contribution in [2.45, 2.75) is 33.7 Å². The van der Waals surface area contributed by atoms with Gasteiger partial charge in [0.05, 0.1) is 17.8 Å². The monoisotopic (exact) mass is 390 g/mol. The van der Waals surface area contributed by atoms with Gasteiger partial charge in [-0.1, -0.05) is 29.8 Å². The first-order valence-electron chi connectivity index (χ1n) is 9.59. The molecule has 1 heterocycles. The molecule has 3 aromatic rings. The molecule has 3 N–H and O–H groups in total. The molecule has 148 valence electrons. The number of aryl methyl sites for hydroxylation is 1. The van der Waals surface area contributed by atoms with Crippen molar-refractivity contribution in [2.75, 3.05) is 10.6 Å². The normalized spacial score (nSPS) is 12.3. The molecule has 0 aromatic heterocycles. The van der Waals surface area contributed by atoms with Gasteiger partial charge in [0, 0.05) is 12.2 Å². The zero-order chi connectivity index (χ0) is 20.7. The first-order chi connectivity index (χ1) is 13.8. The summed E-state index contributed by atoms with van der Waals surface area (Å²) >= 11 is 0. The minimum Gasteiger partial charge on any atom is -0.481 e. The first-order valence-corrected chi connectivity index (χ1v) is 9.59. The van der Waals surface area contributed by atoms with Crippen LogP contribution in [0.2, 0.25) is 0 Å². The van der Waals surface area contributed by atoms with Crippen LogP contribution < -0.4 is 10.6 Å². The zero-order valence-corrected chi connectivity index (χ0v) is 16.7. The molecule has 0 saturated carbocycles. The number of carboxylic acid groups (broad SMARTS) is 1. The molecule has 0 radical (unpaired) electrons. The summed E-state index contributed by atoms with van der Waals surface area (Å²) in [5, 5.41) is 16.3. The summed E-state index contributed by atoms with van der Waals surface area (Å²) in [7, 11) is 0. The second kappa shape index (κ2) is 7.24. The fraction of sp³-hybridized carbons (Fsp3) is 0.208. The second-order valence-electron chi connectivity index (χ2n) is 7.56. The molecule has 3 aromatic carbocycles. The number of anilines is 3. The molecule has 5 heteroatoms. The van der Waals surface area contributed by atoms with E-state index < -0.39 is 5.97 Å². The van der Waals surface area contributed by atoms with Gasteiger partial charge < -0.3 is 15.7 Å². The minimum atomic E-state index is -0.876. The van der Waals surface area contributed by atoms with Gasteiger partial charge in [0.25, 0.3) is 0 Å². The number of carboxylic acids is 1. The van der Waals surface area contributed by atoms with E-state index in [0.29, 0.717) is 12.2 Å². The highest BCUT2D eigenvalue weighted by atomic mass is 19.1. The number of benzene rings is 3. The average molecular weight is 390 g/mol. The molecular weight excluding hydrogens is 367 g/mol. The molecule has 0 fully saturated rings. The fourth-order valence-corrected chi connectivity index (χ4v) is 4.10. The smallest absolute Gasteiger partial charge is 0.307 e. The first kappa shape index (κ1) is 19.0. The van der Waals surface area contributed by atoms with Crippen LogP contribution in [0.1, 0.15) is 27.8 Å². The number of carbonyl (C=O) groups is 1. The summed E-state index contributed by atoms with van der Waals surface area (Å²) in [6.45, 7) is 6.56. The highest BCUT2D eigenvalue weighted by Crippen LogP contribution is 2.42. The van der Waals surface area contributed by atoms with Crippen LogP contribution in [0.4, 0.5) is 21.5 Å². The van der Waals surface area contributed by atoms with E-state index in [-0.39, 0.29) is 12.2 Å². The van der Waals surface area contributed by atoms with Crippen LogP contribution in [-0.4, -0.2) is 11.1 Å². The van der Waals surface area contributed by atoms with Crippen LogP contribution >= 0.6 is 0 Å². The fourth-order valence-electron chi connectivity index (χ4n) is 4.10. The average Bonchev–Trinajstić information content (AvgIpc) is 2.86. The van der Waals surface area contributed by atoms with E-state index in [1.54, 1.807) is 6.07 Å². The Morgan fingerprint density at radius 3 is 2.45 bits per heavy atom. The Morgan fingerprint density at radius 1 is 1.03 bits per heavy atom. The van der Waals surface area contributed by atoms with Crippen molar-refractivity contribution < 1.29 is 14.3 Å². The third kappa shape index (κ3) is 3.44. The van der Waals surface area contributed by atoms with Crippen molar-refractivity contribution in [3.63, 3.8) is 0 Å². The number of hydrogen-bond donors (Lipinski definition) is 3. The molecule has 0 bridgehead atoms. The molecular formula is C24H23FN2O2. The lowest BCUT2D eigenvalue weighted by Crippen LogP contribution is -2.11. The predicted octanol–water partition coefficient (Wildman–Crippen LogP) is 5.71. The molecule has 0 aliphatic carbocycles. The molecule has 4 nitrogen and oxygen atoms in total. The maximum atomic E-state index is 13.8. The van der Waals surface area contributed by atoms with Crippen molar-refractivity contribution in [3.8, 4) is 11.1 Å². The van der Waals surface area contributed by atoms with Crippen LogP contribution in [0.15, 0.2) is 42.5 Å². The molecule has 29 heavy (non-hydrogen) atoms.